The lowest BCUT2D eigenvalue weighted by atomic mass is 9.80. The van der Waals surface area contributed by atoms with Crippen molar-refractivity contribution < 1.29 is 9.90 Å². The average molecular weight is 239 g/mol. The average Bonchev–Trinajstić information content (AvgIpc) is 2.38. The molecular formula is C14H25NO2. The molecule has 2 rings (SSSR count). The van der Waals surface area contributed by atoms with Crippen LogP contribution in [0.3, 0.4) is 0 Å². The van der Waals surface area contributed by atoms with Crippen LogP contribution in [0, 0.1) is 5.92 Å². The summed E-state index contributed by atoms with van der Waals surface area (Å²) in [5, 5.41) is 12.9. The Morgan fingerprint density at radius 1 is 1.06 bits per heavy atom. The first-order valence-corrected chi connectivity index (χ1v) is 7.21. The highest BCUT2D eigenvalue weighted by atomic mass is 16.4. The third-order valence-corrected chi connectivity index (χ3v) is 4.57. The van der Waals surface area contributed by atoms with Gasteiger partial charge in [-0.15, -0.1) is 0 Å². The molecule has 0 bridgehead atoms. The van der Waals surface area contributed by atoms with Crippen LogP contribution in [-0.4, -0.2) is 23.2 Å². The summed E-state index contributed by atoms with van der Waals surface area (Å²) in [7, 11) is 0. The molecule has 0 heterocycles. The van der Waals surface area contributed by atoms with Crippen molar-refractivity contribution in [3.8, 4) is 0 Å². The van der Waals surface area contributed by atoms with Crippen molar-refractivity contribution in [1.29, 1.82) is 0 Å². The third kappa shape index (κ3) is 3.21. The van der Waals surface area contributed by atoms with Gasteiger partial charge in [0.05, 0.1) is 0 Å². The summed E-state index contributed by atoms with van der Waals surface area (Å²) in [4.78, 5) is 11.5. The van der Waals surface area contributed by atoms with Gasteiger partial charge in [0.1, 0.15) is 5.54 Å². The molecule has 0 atom stereocenters. The summed E-state index contributed by atoms with van der Waals surface area (Å²) in [5.41, 5.74) is -0.601. The van der Waals surface area contributed by atoms with E-state index < -0.39 is 11.5 Å². The Hall–Kier alpha value is -0.570. The maximum atomic E-state index is 11.5. The lowest BCUT2D eigenvalue weighted by Gasteiger charge is -2.36. The van der Waals surface area contributed by atoms with E-state index in [1.54, 1.807) is 0 Å². The Bertz CT molecular complexity index is 253. The van der Waals surface area contributed by atoms with Crippen molar-refractivity contribution in [2.75, 3.05) is 6.54 Å². The predicted octanol–water partition coefficient (Wildman–Crippen LogP) is 2.94. The van der Waals surface area contributed by atoms with E-state index in [0.29, 0.717) is 5.92 Å². The van der Waals surface area contributed by atoms with Gasteiger partial charge in [-0.25, -0.2) is 0 Å². The molecule has 0 aliphatic heterocycles. The van der Waals surface area contributed by atoms with Crippen LogP contribution in [0.25, 0.3) is 0 Å². The number of rotatable bonds is 4. The molecule has 0 radical (unpaired) electrons. The zero-order chi connectivity index (χ0) is 12.1. The second-order valence-corrected chi connectivity index (χ2v) is 5.83. The van der Waals surface area contributed by atoms with Gasteiger partial charge in [0.15, 0.2) is 0 Å². The van der Waals surface area contributed by atoms with Crippen molar-refractivity contribution in [3.63, 3.8) is 0 Å². The molecule has 98 valence electrons. The minimum atomic E-state index is -0.631. The molecule has 2 saturated carbocycles. The van der Waals surface area contributed by atoms with Crippen molar-refractivity contribution in [3.05, 3.63) is 0 Å². The van der Waals surface area contributed by atoms with Crippen molar-refractivity contribution in [2.24, 2.45) is 5.92 Å². The third-order valence-electron chi connectivity index (χ3n) is 4.57. The number of carboxylic acid groups (broad SMARTS) is 1. The quantitative estimate of drug-likeness (QED) is 0.793. The summed E-state index contributed by atoms with van der Waals surface area (Å²) in [6, 6.07) is 0. The zero-order valence-electron chi connectivity index (χ0n) is 10.7. The van der Waals surface area contributed by atoms with Gasteiger partial charge in [-0.3, -0.25) is 4.79 Å². The Balaban J connectivity index is 1.86. The summed E-state index contributed by atoms with van der Waals surface area (Å²) >= 11 is 0. The summed E-state index contributed by atoms with van der Waals surface area (Å²) < 4.78 is 0. The van der Waals surface area contributed by atoms with Gasteiger partial charge in [0, 0.05) is 0 Å². The van der Waals surface area contributed by atoms with Crippen LogP contribution >= 0.6 is 0 Å². The Labute approximate surface area is 104 Å². The van der Waals surface area contributed by atoms with E-state index in [9.17, 15) is 9.90 Å². The molecule has 0 saturated heterocycles. The molecule has 2 aliphatic rings. The topological polar surface area (TPSA) is 49.3 Å². The summed E-state index contributed by atoms with van der Waals surface area (Å²) in [6.07, 6.45) is 11.5. The fraction of sp³-hybridized carbons (Fsp3) is 0.929. The van der Waals surface area contributed by atoms with Crippen molar-refractivity contribution in [1.82, 2.24) is 5.32 Å². The normalized spacial score (nSPS) is 25.6. The highest BCUT2D eigenvalue weighted by Crippen LogP contribution is 2.30. The van der Waals surface area contributed by atoms with Crippen LogP contribution in [0.4, 0.5) is 0 Å². The van der Waals surface area contributed by atoms with E-state index in [1.807, 2.05) is 0 Å². The van der Waals surface area contributed by atoms with Gasteiger partial charge in [-0.05, 0) is 38.1 Å². The minimum Gasteiger partial charge on any atom is -0.480 e. The van der Waals surface area contributed by atoms with Gasteiger partial charge < -0.3 is 10.4 Å². The number of carbonyl (C=O) groups is 1. The first-order valence-electron chi connectivity index (χ1n) is 7.21. The van der Waals surface area contributed by atoms with E-state index in [0.717, 1.165) is 32.2 Å². The maximum absolute atomic E-state index is 11.5. The monoisotopic (exact) mass is 239 g/mol. The second kappa shape index (κ2) is 5.85. The molecule has 0 spiro atoms. The molecule has 0 aromatic carbocycles. The van der Waals surface area contributed by atoms with Crippen LogP contribution in [-0.2, 0) is 4.79 Å². The van der Waals surface area contributed by atoms with Crippen LogP contribution in [0.15, 0.2) is 0 Å². The van der Waals surface area contributed by atoms with Crippen molar-refractivity contribution >= 4 is 5.97 Å². The van der Waals surface area contributed by atoms with Gasteiger partial charge in [0.25, 0.3) is 0 Å². The summed E-state index contributed by atoms with van der Waals surface area (Å²) in [5.74, 6) is 0.0786. The fourth-order valence-corrected chi connectivity index (χ4v) is 3.35. The first-order chi connectivity index (χ1) is 8.23. The van der Waals surface area contributed by atoms with E-state index in [2.05, 4.69) is 5.32 Å². The number of carboxylic acids is 1. The molecule has 3 heteroatoms. The molecule has 0 amide bonds. The van der Waals surface area contributed by atoms with Gasteiger partial charge in [-0.2, -0.15) is 0 Å². The Morgan fingerprint density at radius 3 is 2.24 bits per heavy atom. The smallest absolute Gasteiger partial charge is 0.323 e. The van der Waals surface area contributed by atoms with Gasteiger partial charge in [0.2, 0.25) is 0 Å². The molecule has 2 N–H and O–H groups in total. The van der Waals surface area contributed by atoms with Crippen molar-refractivity contribution in [2.45, 2.75) is 69.7 Å². The first kappa shape index (κ1) is 12.9. The number of aliphatic carboxylic acids is 1. The number of hydrogen-bond donors (Lipinski definition) is 2. The Morgan fingerprint density at radius 2 is 1.65 bits per heavy atom. The van der Waals surface area contributed by atoms with E-state index in [1.165, 1.54) is 38.5 Å². The molecule has 0 aromatic rings. The molecular weight excluding hydrogens is 214 g/mol. The predicted molar refractivity (Wildman–Crippen MR) is 68.0 cm³/mol. The highest BCUT2D eigenvalue weighted by Gasteiger charge is 2.39. The minimum absolute atomic E-state index is 0.601. The van der Waals surface area contributed by atoms with Crippen LogP contribution in [0.2, 0.25) is 0 Å². The summed E-state index contributed by atoms with van der Waals surface area (Å²) in [6.45, 7) is 0.909. The van der Waals surface area contributed by atoms with Crippen LogP contribution < -0.4 is 5.32 Å². The molecule has 2 aliphatic carbocycles. The zero-order valence-corrected chi connectivity index (χ0v) is 10.7. The highest BCUT2D eigenvalue weighted by molar-refractivity contribution is 5.78. The van der Waals surface area contributed by atoms with Crippen LogP contribution in [0.5, 0.6) is 0 Å². The largest absolute Gasteiger partial charge is 0.480 e. The molecule has 0 unspecified atom stereocenters. The lowest BCUT2D eigenvalue weighted by Crippen LogP contribution is -2.54. The van der Waals surface area contributed by atoms with Crippen LogP contribution in [0.1, 0.15) is 64.2 Å². The fourth-order valence-electron chi connectivity index (χ4n) is 3.35. The van der Waals surface area contributed by atoms with E-state index >= 15 is 0 Å². The van der Waals surface area contributed by atoms with E-state index in [4.69, 9.17) is 0 Å². The number of hydrogen-bond acceptors (Lipinski definition) is 2. The molecule has 17 heavy (non-hydrogen) atoms. The lowest BCUT2D eigenvalue weighted by molar-refractivity contribution is -0.146. The van der Waals surface area contributed by atoms with Gasteiger partial charge in [-0.1, -0.05) is 38.5 Å². The molecule has 0 aromatic heterocycles. The number of nitrogens with one attached hydrogen (secondary N) is 1. The van der Waals surface area contributed by atoms with Gasteiger partial charge >= 0.3 is 5.97 Å². The standard InChI is InChI=1S/C14H25NO2/c16-13(17)14(9-5-2-6-10-14)15-11-12-7-3-1-4-8-12/h12,15H,1-11H2,(H,16,17). The molecule has 3 nitrogen and oxygen atoms in total. The molecule has 2 fully saturated rings. The van der Waals surface area contributed by atoms with E-state index in [-0.39, 0.29) is 0 Å². The Kier molecular flexibility index (Phi) is 4.43. The second-order valence-electron chi connectivity index (χ2n) is 5.83. The maximum Gasteiger partial charge on any atom is 0.323 e. The SMILES string of the molecule is O=C(O)C1(NCC2CCCCC2)CCCCC1.